The van der Waals surface area contributed by atoms with E-state index in [0.29, 0.717) is 0 Å². The lowest BCUT2D eigenvalue weighted by atomic mass is 9.93. The lowest BCUT2D eigenvalue weighted by Gasteiger charge is -2.29. The molecule has 0 saturated heterocycles. The van der Waals surface area contributed by atoms with Crippen molar-refractivity contribution in [3.8, 4) is 55.6 Å². The van der Waals surface area contributed by atoms with Crippen LogP contribution in [-0.4, -0.2) is 0 Å². The van der Waals surface area contributed by atoms with E-state index in [1.807, 2.05) is 11.3 Å². The molecule has 2 heteroatoms. The van der Waals surface area contributed by atoms with Gasteiger partial charge < -0.3 is 4.90 Å². The van der Waals surface area contributed by atoms with E-state index in [4.69, 9.17) is 0 Å². The van der Waals surface area contributed by atoms with Gasteiger partial charge in [-0.3, -0.25) is 0 Å². The van der Waals surface area contributed by atoms with E-state index >= 15 is 0 Å². The molecule has 0 aliphatic rings. The molecule has 0 radical (unpaired) electrons. The van der Waals surface area contributed by atoms with Crippen LogP contribution in [0.15, 0.2) is 249 Å². The molecule has 0 atom stereocenters. The van der Waals surface area contributed by atoms with Gasteiger partial charge in [-0.05, 0) is 114 Å². The molecule has 0 bridgehead atoms. The van der Waals surface area contributed by atoms with Crippen molar-refractivity contribution in [2.45, 2.75) is 0 Å². The molecule has 0 unspecified atom stereocenters. The summed E-state index contributed by atoms with van der Waals surface area (Å²) in [5, 5.41) is 7.59. The van der Waals surface area contributed by atoms with E-state index < -0.39 is 0 Å². The van der Waals surface area contributed by atoms with Crippen LogP contribution >= 0.6 is 11.3 Å². The second-order valence-electron chi connectivity index (χ2n) is 16.4. The average molecular weight is 832 g/mol. The minimum Gasteiger partial charge on any atom is -0.310 e. The van der Waals surface area contributed by atoms with Gasteiger partial charge in [0.25, 0.3) is 0 Å². The highest BCUT2D eigenvalue weighted by Crippen LogP contribution is 2.46. The molecule has 300 valence electrons. The van der Waals surface area contributed by atoms with Crippen molar-refractivity contribution >= 4 is 70.1 Å². The number of anilines is 3. The fourth-order valence-electron chi connectivity index (χ4n) is 9.58. The van der Waals surface area contributed by atoms with Crippen molar-refractivity contribution in [2.75, 3.05) is 4.90 Å². The fourth-order valence-corrected chi connectivity index (χ4v) is 10.8. The van der Waals surface area contributed by atoms with Gasteiger partial charge in [0.2, 0.25) is 0 Å². The van der Waals surface area contributed by atoms with Crippen molar-refractivity contribution in [1.29, 1.82) is 0 Å². The molecule has 64 heavy (non-hydrogen) atoms. The van der Waals surface area contributed by atoms with E-state index in [-0.39, 0.29) is 0 Å². The van der Waals surface area contributed by atoms with Crippen molar-refractivity contribution in [2.24, 2.45) is 0 Å². The Kier molecular flexibility index (Phi) is 9.43. The summed E-state index contributed by atoms with van der Waals surface area (Å²) in [5.74, 6) is 0. The SMILES string of the molecule is c1ccc(-c2ccc(-c3cccc4ccccc34)cc2N(c2ccc(-c3cccc(-c4cccc5ccccc45)c3)cc2)c2cccc(-c3cccc4c3sc3ccccc34)c2)cc1. The third kappa shape index (κ3) is 6.73. The summed E-state index contributed by atoms with van der Waals surface area (Å²) in [7, 11) is 0. The standard InChI is InChI=1S/C62H41NS/c1-2-15-45(16-3-1)56-38-35-49(55-29-13-20-44-18-5-7-26-53(44)55)41-60(56)63(51-24-11-23-48(40-51)57-30-14-31-59-58-27-8-9-32-61(58)64-62(57)59)50-36-33-42(34-37-50)46-21-10-22-47(39-46)54-28-12-19-43-17-4-6-25-52(43)54/h1-41H. The predicted molar refractivity (Wildman–Crippen MR) is 276 cm³/mol. The van der Waals surface area contributed by atoms with Gasteiger partial charge in [0.05, 0.1) is 5.69 Å². The van der Waals surface area contributed by atoms with Gasteiger partial charge in [0.1, 0.15) is 0 Å². The topological polar surface area (TPSA) is 3.24 Å². The minimum absolute atomic E-state index is 1.08. The maximum Gasteiger partial charge on any atom is 0.0546 e. The highest BCUT2D eigenvalue weighted by Gasteiger charge is 2.21. The molecule has 1 aromatic heterocycles. The molecular formula is C62H41NS. The number of fused-ring (bicyclic) bond motifs is 5. The maximum atomic E-state index is 2.46. The summed E-state index contributed by atoms with van der Waals surface area (Å²) in [5.41, 5.74) is 15.2. The lowest BCUT2D eigenvalue weighted by molar-refractivity contribution is 1.28. The quantitative estimate of drug-likeness (QED) is 0.147. The normalized spacial score (nSPS) is 11.4. The van der Waals surface area contributed by atoms with Crippen LogP contribution in [-0.2, 0) is 0 Å². The zero-order valence-electron chi connectivity index (χ0n) is 35.0. The highest BCUT2D eigenvalue weighted by molar-refractivity contribution is 7.26. The molecular weight excluding hydrogens is 791 g/mol. The largest absolute Gasteiger partial charge is 0.310 e. The second-order valence-corrected chi connectivity index (χ2v) is 17.5. The summed E-state index contributed by atoms with van der Waals surface area (Å²) >= 11 is 1.88. The Morgan fingerprint density at radius 1 is 0.266 bits per heavy atom. The number of rotatable bonds is 8. The van der Waals surface area contributed by atoms with Crippen molar-refractivity contribution in [1.82, 2.24) is 0 Å². The van der Waals surface area contributed by atoms with E-state index in [9.17, 15) is 0 Å². The van der Waals surface area contributed by atoms with Crippen LogP contribution in [0.4, 0.5) is 17.1 Å². The number of thiophene rings is 1. The van der Waals surface area contributed by atoms with Crippen molar-refractivity contribution < 1.29 is 0 Å². The molecule has 1 heterocycles. The van der Waals surface area contributed by atoms with Gasteiger partial charge >= 0.3 is 0 Å². The molecule has 1 nitrogen and oxygen atoms in total. The van der Waals surface area contributed by atoms with Crippen LogP contribution in [0.25, 0.3) is 97.4 Å². The van der Waals surface area contributed by atoms with Crippen molar-refractivity contribution in [3.05, 3.63) is 249 Å². The van der Waals surface area contributed by atoms with Gasteiger partial charge in [-0.2, -0.15) is 0 Å². The smallest absolute Gasteiger partial charge is 0.0546 e. The zero-order chi connectivity index (χ0) is 42.4. The van der Waals surface area contributed by atoms with Crippen LogP contribution < -0.4 is 4.90 Å². The van der Waals surface area contributed by atoms with E-state index in [0.717, 1.165) is 22.6 Å². The van der Waals surface area contributed by atoms with Crippen LogP contribution in [0.2, 0.25) is 0 Å². The number of hydrogen-bond donors (Lipinski definition) is 0. The van der Waals surface area contributed by atoms with Gasteiger partial charge in [0, 0.05) is 37.1 Å². The van der Waals surface area contributed by atoms with Gasteiger partial charge in [0.15, 0.2) is 0 Å². The summed E-state index contributed by atoms with van der Waals surface area (Å²) in [4.78, 5) is 2.46. The fraction of sp³-hybridized carbons (Fsp3) is 0. The summed E-state index contributed by atoms with van der Waals surface area (Å²) < 4.78 is 2.62. The third-order valence-electron chi connectivity index (χ3n) is 12.7. The summed E-state index contributed by atoms with van der Waals surface area (Å²) in [6, 6.07) is 91.0. The molecule has 0 fully saturated rings. The molecule has 0 aliphatic carbocycles. The Balaban J connectivity index is 1.04. The van der Waals surface area contributed by atoms with E-state index in [1.165, 1.54) is 91.8 Å². The molecule has 0 aliphatic heterocycles. The van der Waals surface area contributed by atoms with Crippen LogP contribution in [0.3, 0.4) is 0 Å². The second kappa shape index (κ2) is 16.0. The Labute approximate surface area is 377 Å². The monoisotopic (exact) mass is 831 g/mol. The summed E-state index contributed by atoms with van der Waals surface area (Å²) in [6.45, 7) is 0. The minimum atomic E-state index is 1.08. The van der Waals surface area contributed by atoms with Crippen LogP contribution in [0.1, 0.15) is 0 Å². The molecule has 0 saturated carbocycles. The Bertz CT molecular complexity index is 3660. The van der Waals surface area contributed by atoms with Gasteiger partial charge in [-0.1, -0.05) is 206 Å². The first-order chi connectivity index (χ1) is 31.7. The molecule has 0 spiro atoms. The van der Waals surface area contributed by atoms with Crippen LogP contribution in [0, 0.1) is 0 Å². The third-order valence-corrected chi connectivity index (χ3v) is 13.9. The van der Waals surface area contributed by atoms with Crippen LogP contribution in [0.5, 0.6) is 0 Å². The average Bonchev–Trinajstić information content (AvgIpc) is 3.76. The zero-order valence-corrected chi connectivity index (χ0v) is 35.8. The van der Waals surface area contributed by atoms with Gasteiger partial charge in [-0.15, -0.1) is 11.3 Å². The molecule has 11 aromatic carbocycles. The highest BCUT2D eigenvalue weighted by atomic mass is 32.1. The Morgan fingerprint density at radius 2 is 0.781 bits per heavy atom. The van der Waals surface area contributed by atoms with E-state index in [2.05, 4.69) is 254 Å². The molecule has 0 N–H and O–H groups in total. The molecule has 12 aromatic rings. The Hall–Kier alpha value is -8.04. The summed E-state index contributed by atoms with van der Waals surface area (Å²) in [6.07, 6.45) is 0. The van der Waals surface area contributed by atoms with E-state index in [1.54, 1.807) is 0 Å². The van der Waals surface area contributed by atoms with Gasteiger partial charge in [-0.25, -0.2) is 0 Å². The number of hydrogen-bond acceptors (Lipinski definition) is 2. The molecule has 12 rings (SSSR count). The van der Waals surface area contributed by atoms with Crippen molar-refractivity contribution in [3.63, 3.8) is 0 Å². The maximum absolute atomic E-state index is 2.46. The number of nitrogens with zero attached hydrogens (tertiary/aromatic N) is 1. The predicted octanol–water partition coefficient (Wildman–Crippen LogP) is 18.2. The Morgan fingerprint density at radius 3 is 1.53 bits per heavy atom. The molecule has 0 amide bonds. The first-order valence-corrected chi connectivity index (χ1v) is 22.7. The first-order valence-electron chi connectivity index (χ1n) is 21.9. The lowest BCUT2D eigenvalue weighted by Crippen LogP contribution is -2.11. The first kappa shape index (κ1) is 37.7. The number of benzene rings is 11.